The van der Waals surface area contributed by atoms with Gasteiger partial charge in [0.2, 0.25) is 0 Å². The summed E-state index contributed by atoms with van der Waals surface area (Å²) in [6.07, 6.45) is -0.106. The highest BCUT2D eigenvalue weighted by Crippen LogP contribution is 2.26. The molecule has 3 rings (SSSR count). The summed E-state index contributed by atoms with van der Waals surface area (Å²) in [5.74, 6) is 0.0194. The van der Waals surface area contributed by atoms with E-state index in [1.807, 2.05) is 49.4 Å². The van der Waals surface area contributed by atoms with Crippen molar-refractivity contribution in [3.8, 4) is 5.75 Å². The lowest BCUT2D eigenvalue weighted by Gasteiger charge is -2.18. The number of amides is 1. The topological polar surface area (TPSA) is 64.6 Å². The monoisotopic (exact) mass is 363 g/mol. The normalized spacial score (nSPS) is 11.6. The van der Waals surface area contributed by atoms with E-state index in [-0.39, 0.29) is 5.91 Å². The molecule has 3 aromatic carbocycles. The second-order valence-corrected chi connectivity index (χ2v) is 6.05. The maximum atomic E-state index is 12.6. The summed E-state index contributed by atoms with van der Waals surface area (Å²) in [6, 6.07) is 20.2. The van der Waals surface area contributed by atoms with Crippen molar-refractivity contribution in [2.24, 2.45) is 0 Å². The predicted octanol–water partition coefficient (Wildman–Crippen LogP) is 4.42. The molecular formula is C22H21NO4. The van der Waals surface area contributed by atoms with Crippen molar-refractivity contribution in [2.45, 2.75) is 19.4 Å². The molecule has 0 aromatic heterocycles. The number of rotatable bonds is 6. The van der Waals surface area contributed by atoms with Gasteiger partial charge in [-0.15, -0.1) is 0 Å². The number of hydrogen-bond acceptors (Lipinski definition) is 4. The Morgan fingerprint density at radius 2 is 1.67 bits per heavy atom. The molecule has 0 aliphatic rings. The van der Waals surface area contributed by atoms with Crippen molar-refractivity contribution in [1.29, 1.82) is 0 Å². The van der Waals surface area contributed by atoms with Crippen LogP contribution in [0.5, 0.6) is 5.75 Å². The Balaban J connectivity index is 1.73. The van der Waals surface area contributed by atoms with Crippen molar-refractivity contribution in [3.63, 3.8) is 0 Å². The highest BCUT2D eigenvalue weighted by atomic mass is 16.5. The van der Waals surface area contributed by atoms with Crippen LogP contribution in [0.4, 0.5) is 5.69 Å². The van der Waals surface area contributed by atoms with Gasteiger partial charge in [0.1, 0.15) is 5.75 Å². The third-order valence-corrected chi connectivity index (χ3v) is 4.26. The fraction of sp³-hybridized carbons (Fsp3) is 0.182. The molecule has 0 aliphatic carbocycles. The molecule has 1 amide bonds. The first-order valence-corrected chi connectivity index (χ1v) is 8.76. The number of carbonyl (C=O) groups excluding carboxylic acids is 2. The zero-order valence-electron chi connectivity index (χ0n) is 15.3. The van der Waals surface area contributed by atoms with E-state index in [0.29, 0.717) is 23.4 Å². The van der Waals surface area contributed by atoms with Gasteiger partial charge in [-0.3, -0.25) is 4.79 Å². The van der Waals surface area contributed by atoms with E-state index in [0.717, 1.165) is 10.8 Å². The number of ether oxygens (including phenoxy) is 2. The number of benzene rings is 3. The minimum absolute atomic E-state index is 0.240. The Labute approximate surface area is 157 Å². The van der Waals surface area contributed by atoms with Gasteiger partial charge in [-0.2, -0.15) is 0 Å². The van der Waals surface area contributed by atoms with Crippen molar-refractivity contribution < 1.29 is 19.1 Å². The minimum Gasteiger partial charge on any atom is -0.480 e. The lowest BCUT2D eigenvalue weighted by molar-refractivity contribution is -0.122. The summed E-state index contributed by atoms with van der Waals surface area (Å²) in [6.45, 7) is 1.90. The van der Waals surface area contributed by atoms with Gasteiger partial charge in [-0.1, -0.05) is 43.3 Å². The fourth-order valence-electron chi connectivity index (χ4n) is 2.80. The molecule has 27 heavy (non-hydrogen) atoms. The minimum atomic E-state index is -0.629. The van der Waals surface area contributed by atoms with Gasteiger partial charge in [0.15, 0.2) is 6.10 Å². The quantitative estimate of drug-likeness (QED) is 0.658. The third-order valence-electron chi connectivity index (χ3n) is 4.26. The molecular weight excluding hydrogens is 342 g/mol. The van der Waals surface area contributed by atoms with Crippen LogP contribution in [0, 0.1) is 0 Å². The average molecular weight is 363 g/mol. The van der Waals surface area contributed by atoms with E-state index in [2.05, 4.69) is 10.1 Å². The molecule has 1 unspecified atom stereocenters. The van der Waals surface area contributed by atoms with E-state index < -0.39 is 12.1 Å². The summed E-state index contributed by atoms with van der Waals surface area (Å²) >= 11 is 0. The molecule has 138 valence electrons. The number of carbonyl (C=O) groups is 2. The first kappa shape index (κ1) is 18.5. The highest BCUT2D eigenvalue weighted by molar-refractivity contribution is 5.96. The van der Waals surface area contributed by atoms with E-state index in [4.69, 9.17) is 4.74 Å². The Kier molecular flexibility index (Phi) is 5.71. The number of hydrogen-bond donors (Lipinski definition) is 1. The smallest absolute Gasteiger partial charge is 0.337 e. The number of methoxy groups -OCH3 is 1. The van der Waals surface area contributed by atoms with Gasteiger partial charge < -0.3 is 14.8 Å². The van der Waals surface area contributed by atoms with Crippen LogP contribution in [0.1, 0.15) is 23.7 Å². The molecule has 0 saturated heterocycles. The highest BCUT2D eigenvalue weighted by Gasteiger charge is 2.19. The van der Waals surface area contributed by atoms with Crippen molar-refractivity contribution in [3.05, 3.63) is 72.3 Å². The van der Waals surface area contributed by atoms with Gasteiger partial charge >= 0.3 is 5.97 Å². The Bertz CT molecular complexity index is 945. The number of fused-ring (bicyclic) bond motifs is 1. The van der Waals surface area contributed by atoms with Gasteiger partial charge in [-0.05, 0) is 42.1 Å². The molecule has 0 saturated carbocycles. The molecule has 0 fully saturated rings. The standard InChI is InChI=1S/C22H21NO4/c1-3-19(27-20-10-6-8-15-7-4-5-9-18(15)20)21(24)23-17-13-11-16(12-14-17)22(25)26-2/h4-14,19H,3H2,1-2H3,(H,23,24). The van der Waals surface area contributed by atoms with Crippen LogP contribution in [0.2, 0.25) is 0 Å². The zero-order valence-corrected chi connectivity index (χ0v) is 15.3. The average Bonchev–Trinajstić information content (AvgIpc) is 2.72. The van der Waals surface area contributed by atoms with Crippen LogP contribution in [0.3, 0.4) is 0 Å². The molecule has 1 atom stereocenters. The summed E-state index contributed by atoms with van der Waals surface area (Å²) in [5, 5.41) is 4.85. The molecule has 0 spiro atoms. The van der Waals surface area contributed by atoms with Gasteiger partial charge in [0, 0.05) is 11.1 Å². The molecule has 0 aliphatic heterocycles. The van der Waals surface area contributed by atoms with E-state index in [9.17, 15) is 9.59 Å². The van der Waals surface area contributed by atoms with Crippen LogP contribution in [-0.4, -0.2) is 25.1 Å². The number of nitrogens with one attached hydrogen (secondary N) is 1. The largest absolute Gasteiger partial charge is 0.480 e. The molecule has 3 aromatic rings. The Hall–Kier alpha value is -3.34. The van der Waals surface area contributed by atoms with Crippen molar-refractivity contribution >= 4 is 28.3 Å². The van der Waals surface area contributed by atoms with E-state index in [1.165, 1.54) is 7.11 Å². The predicted molar refractivity (Wildman–Crippen MR) is 105 cm³/mol. The SMILES string of the molecule is CCC(Oc1cccc2ccccc12)C(=O)Nc1ccc(C(=O)OC)cc1. The van der Waals surface area contributed by atoms with Crippen LogP contribution >= 0.6 is 0 Å². The van der Waals surface area contributed by atoms with E-state index >= 15 is 0 Å². The number of esters is 1. The second kappa shape index (κ2) is 8.36. The van der Waals surface area contributed by atoms with Gasteiger partial charge in [0.05, 0.1) is 12.7 Å². The molecule has 5 nitrogen and oxygen atoms in total. The molecule has 5 heteroatoms. The van der Waals surface area contributed by atoms with Crippen molar-refractivity contribution in [1.82, 2.24) is 0 Å². The van der Waals surface area contributed by atoms with Crippen LogP contribution in [-0.2, 0) is 9.53 Å². The summed E-state index contributed by atoms with van der Waals surface area (Å²) < 4.78 is 10.7. The van der Waals surface area contributed by atoms with Crippen molar-refractivity contribution in [2.75, 3.05) is 12.4 Å². The second-order valence-electron chi connectivity index (χ2n) is 6.05. The Morgan fingerprint density at radius 3 is 2.37 bits per heavy atom. The number of anilines is 1. The first-order chi connectivity index (χ1) is 13.1. The summed E-state index contributed by atoms with van der Waals surface area (Å²) in [5.41, 5.74) is 1.02. The van der Waals surface area contributed by atoms with Crippen LogP contribution in [0.25, 0.3) is 10.8 Å². The lowest BCUT2D eigenvalue weighted by atomic mass is 10.1. The molecule has 1 N–H and O–H groups in total. The van der Waals surface area contributed by atoms with Crippen LogP contribution < -0.4 is 10.1 Å². The maximum Gasteiger partial charge on any atom is 0.337 e. The maximum absolute atomic E-state index is 12.6. The lowest BCUT2D eigenvalue weighted by Crippen LogP contribution is -2.32. The molecule has 0 bridgehead atoms. The van der Waals surface area contributed by atoms with Gasteiger partial charge in [-0.25, -0.2) is 4.79 Å². The zero-order chi connectivity index (χ0) is 19.2. The van der Waals surface area contributed by atoms with E-state index in [1.54, 1.807) is 24.3 Å². The Morgan fingerprint density at radius 1 is 0.963 bits per heavy atom. The molecule has 0 heterocycles. The first-order valence-electron chi connectivity index (χ1n) is 8.76. The van der Waals surface area contributed by atoms with Gasteiger partial charge in [0.25, 0.3) is 5.91 Å². The van der Waals surface area contributed by atoms with Crippen LogP contribution in [0.15, 0.2) is 66.7 Å². The summed E-state index contributed by atoms with van der Waals surface area (Å²) in [4.78, 5) is 24.1. The molecule has 0 radical (unpaired) electrons. The fourth-order valence-corrected chi connectivity index (χ4v) is 2.80. The third kappa shape index (κ3) is 4.26. The summed E-state index contributed by atoms with van der Waals surface area (Å²) in [7, 11) is 1.33.